The van der Waals surface area contributed by atoms with Gasteiger partial charge in [0.05, 0.1) is 0 Å². The quantitative estimate of drug-likeness (QED) is 0.778. The van der Waals surface area contributed by atoms with Gasteiger partial charge in [-0.25, -0.2) is 9.97 Å². The molecule has 0 amide bonds. The van der Waals surface area contributed by atoms with Gasteiger partial charge in [0.25, 0.3) is 0 Å². The molecule has 0 fully saturated rings. The van der Waals surface area contributed by atoms with Crippen LogP contribution in [0.1, 0.15) is 30.3 Å². The van der Waals surface area contributed by atoms with E-state index in [0.29, 0.717) is 6.04 Å². The number of rotatable bonds is 3. The first-order valence-electron chi connectivity index (χ1n) is 5.30. The fourth-order valence-corrected chi connectivity index (χ4v) is 2.00. The molecule has 1 atom stereocenters. The van der Waals surface area contributed by atoms with E-state index in [1.807, 2.05) is 7.05 Å². The van der Waals surface area contributed by atoms with Crippen LogP contribution in [0.4, 0.5) is 0 Å². The second kappa shape index (κ2) is 4.05. The lowest BCUT2D eigenvalue weighted by atomic mass is 10.1. The zero-order valence-electron chi connectivity index (χ0n) is 8.88. The van der Waals surface area contributed by atoms with Crippen LogP contribution < -0.4 is 5.32 Å². The summed E-state index contributed by atoms with van der Waals surface area (Å²) in [4.78, 5) is 8.71. The van der Waals surface area contributed by atoms with Crippen LogP contribution in [0.5, 0.6) is 0 Å². The topological polar surface area (TPSA) is 37.8 Å². The largest absolute Gasteiger partial charge is 0.317 e. The van der Waals surface area contributed by atoms with Gasteiger partial charge in [0.1, 0.15) is 6.33 Å². The number of fused-ring (bicyclic) bond motifs is 1. The van der Waals surface area contributed by atoms with E-state index in [1.54, 1.807) is 6.33 Å². The molecule has 3 nitrogen and oxygen atoms in total. The van der Waals surface area contributed by atoms with Gasteiger partial charge < -0.3 is 5.32 Å². The first-order valence-corrected chi connectivity index (χ1v) is 5.30. The van der Waals surface area contributed by atoms with Crippen LogP contribution in [0.25, 0.3) is 0 Å². The fraction of sp³-hybridized carbons (Fsp3) is 0.636. The van der Waals surface area contributed by atoms with Crippen LogP contribution >= 0.6 is 0 Å². The summed E-state index contributed by atoms with van der Waals surface area (Å²) in [5.74, 6) is 0. The Hall–Kier alpha value is -0.960. The smallest absolute Gasteiger partial charge is 0.115 e. The Kier molecular flexibility index (Phi) is 2.77. The van der Waals surface area contributed by atoms with Crippen LogP contribution in [0.2, 0.25) is 0 Å². The lowest BCUT2D eigenvalue weighted by molar-refractivity contribution is 0.596. The van der Waals surface area contributed by atoms with Gasteiger partial charge in [0.15, 0.2) is 0 Å². The highest BCUT2D eigenvalue weighted by Crippen LogP contribution is 2.22. The summed E-state index contributed by atoms with van der Waals surface area (Å²) in [5, 5.41) is 3.24. The normalized spacial score (nSPS) is 16.7. The molecule has 14 heavy (non-hydrogen) atoms. The fourth-order valence-electron chi connectivity index (χ4n) is 2.00. The highest BCUT2D eigenvalue weighted by molar-refractivity contribution is 5.29. The van der Waals surface area contributed by atoms with Crippen molar-refractivity contribution in [3.8, 4) is 0 Å². The maximum atomic E-state index is 4.39. The van der Waals surface area contributed by atoms with Crippen LogP contribution in [0.15, 0.2) is 6.33 Å². The lowest BCUT2D eigenvalue weighted by Gasteiger charge is -2.11. The molecule has 1 heterocycles. The molecule has 1 aromatic rings. The minimum Gasteiger partial charge on any atom is -0.317 e. The summed E-state index contributed by atoms with van der Waals surface area (Å²) >= 11 is 0. The van der Waals surface area contributed by atoms with E-state index in [9.17, 15) is 0 Å². The molecule has 3 heteroatoms. The van der Waals surface area contributed by atoms with Crippen molar-refractivity contribution in [2.75, 3.05) is 7.05 Å². The molecule has 0 saturated heterocycles. The van der Waals surface area contributed by atoms with E-state index in [0.717, 1.165) is 12.8 Å². The zero-order chi connectivity index (χ0) is 9.97. The lowest BCUT2D eigenvalue weighted by Crippen LogP contribution is -2.24. The number of nitrogens with zero attached hydrogens (tertiary/aromatic N) is 2. The Labute approximate surface area is 85.0 Å². The predicted octanol–water partition coefficient (Wildman–Crippen LogP) is 1.12. The SMILES string of the molecule is CNC(C)Cc1ncnc2c1CCC2. The Morgan fingerprint density at radius 2 is 2.29 bits per heavy atom. The zero-order valence-corrected chi connectivity index (χ0v) is 8.88. The average molecular weight is 191 g/mol. The van der Waals surface area contributed by atoms with Gasteiger partial charge in [-0.1, -0.05) is 0 Å². The summed E-state index contributed by atoms with van der Waals surface area (Å²) in [7, 11) is 1.99. The maximum absolute atomic E-state index is 4.39. The molecule has 76 valence electrons. The highest BCUT2D eigenvalue weighted by atomic mass is 14.9. The number of nitrogens with one attached hydrogen (secondary N) is 1. The van der Waals surface area contributed by atoms with Gasteiger partial charge in [-0.15, -0.1) is 0 Å². The molecule has 2 rings (SSSR count). The standard InChI is InChI=1S/C11H17N3/c1-8(12-2)6-11-9-4-3-5-10(9)13-7-14-11/h7-8,12H,3-6H2,1-2H3. The van der Waals surface area contributed by atoms with Gasteiger partial charge in [0.2, 0.25) is 0 Å². The Balaban J connectivity index is 2.22. The van der Waals surface area contributed by atoms with Crippen LogP contribution in [0.3, 0.4) is 0 Å². The van der Waals surface area contributed by atoms with E-state index >= 15 is 0 Å². The van der Waals surface area contributed by atoms with E-state index in [2.05, 4.69) is 22.2 Å². The molecular formula is C11H17N3. The summed E-state index contributed by atoms with van der Waals surface area (Å²) in [6.45, 7) is 2.18. The summed E-state index contributed by atoms with van der Waals surface area (Å²) in [5.41, 5.74) is 3.93. The van der Waals surface area contributed by atoms with Gasteiger partial charge >= 0.3 is 0 Å². The number of aryl methyl sites for hydroxylation is 1. The summed E-state index contributed by atoms with van der Waals surface area (Å²) in [6, 6.07) is 0.495. The van der Waals surface area contributed by atoms with Gasteiger partial charge in [-0.05, 0) is 38.8 Å². The van der Waals surface area contributed by atoms with E-state index < -0.39 is 0 Å². The summed E-state index contributed by atoms with van der Waals surface area (Å²) < 4.78 is 0. The third-order valence-electron chi connectivity index (χ3n) is 2.96. The molecule has 1 N–H and O–H groups in total. The van der Waals surface area contributed by atoms with Crippen LogP contribution in [-0.4, -0.2) is 23.1 Å². The van der Waals surface area contributed by atoms with Crippen molar-refractivity contribution in [1.82, 2.24) is 15.3 Å². The minimum atomic E-state index is 0.495. The molecular weight excluding hydrogens is 174 g/mol. The van der Waals surface area contributed by atoms with Crippen molar-refractivity contribution in [2.45, 2.75) is 38.6 Å². The molecule has 0 bridgehead atoms. The summed E-state index contributed by atoms with van der Waals surface area (Å²) in [6.07, 6.45) is 6.28. The van der Waals surface area contributed by atoms with Crippen LogP contribution in [0, 0.1) is 0 Å². The third-order valence-corrected chi connectivity index (χ3v) is 2.96. The van der Waals surface area contributed by atoms with Crippen molar-refractivity contribution >= 4 is 0 Å². The number of hydrogen-bond acceptors (Lipinski definition) is 3. The third kappa shape index (κ3) is 1.77. The second-order valence-corrected chi connectivity index (χ2v) is 3.99. The van der Waals surface area contributed by atoms with E-state index in [4.69, 9.17) is 0 Å². The number of likely N-dealkylation sites (N-methyl/N-ethyl adjacent to an activating group) is 1. The van der Waals surface area contributed by atoms with Gasteiger partial charge in [-0.3, -0.25) is 0 Å². The molecule has 1 aliphatic rings. The van der Waals surface area contributed by atoms with Crippen molar-refractivity contribution < 1.29 is 0 Å². The maximum Gasteiger partial charge on any atom is 0.115 e. The first kappa shape index (κ1) is 9.59. The monoisotopic (exact) mass is 191 g/mol. The second-order valence-electron chi connectivity index (χ2n) is 3.99. The molecule has 0 radical (unpaired) electrons. The highest BCUT2D eigenvalue weighted by Gasteiger charge is 2.17. The molecule has 1 aromatic heterocycles. The Bertz CT molecular complexity index is 322. The first-order chi connectivity index (χ1) is 6.81. The average Bonchev–Trinajstić information content (AvgIpc) is 2.66. The van der Waals surface area contributed by atoms with Crippen molar-refractivity contribution in [3.63, 3.8) is 0 Å². The molecule has 0 spiro atoms. The molecule has 0 saturated carbocycles. The van der Waals surface area contributed by atoms with Crippen molar-refractivity contribution in [3.05, 3.63) is 23.3 Å². The predicted molar refractivity (Wildman–Crippen MR) is 56.3 cm³/mol. The minimum absolute atomic E-state index is 0.495. The van der Waals surface area contributed by atoms with Crippen molar-refractivity contribution in [2.24, 2.45) is 0 Å². The van der Waals surface area contributed by atoms with E-state index in [-0.39, 0.29) is 0 Å². The Morgan fingerprint density at radius 3 is 3.07 bits per heavy atom. The van der Waals surface area contributed by atoms with Gasteiger partial charge in [-0.2, -0.15) is 0 Å². The molecule has 0 aromatic carbocycles. The Morgan fingerprint density at radius 1 is 1.43 bits per heavy atom. The molecule has 0 aliphatic heterocycles. The number of hydrogen-bond donors (Lipinski definition) is 1. The van der Waals surface area contributed by atoms with E-state index in [1.165, 1.54) is 29.8 Å². The van der Waals surface area contributed by atoms with Crippen molar-refractivity contribution in [1.29, 1.82) is 0 Å². The van der Waals surface area contributed by atoms with Gasteiger partial charge in [0, 0.05) is 23.9 Å². The molecule has 1 unspecified atom stereocenters. The van der Waals surface area contributed by atoms with Crippen LogP contribution in [-0.2, 0) is 19.3 Å². The molecule has 1 aliphatic carbocycles. The number of aromatic nitrogens is 2.